The maximum Gasteiger partial charge on any atom is 0.306 e. The van der Waals surface area contributed by atoms with Crippen LogP contribution >= 0.6 is 0 Å². The Morgan fingerprint density at radius 1 is 1.27 bits per heavy atom. The number of aryl methyl sites for hydroxylation is 1. The molecule has 0 amide bonds. The second-order valence-electron chi connectivity index (χ2n) is 5.73. The molecule has 0 saturated carbocycles. The van der Waals surface area contributed by atoms with Crippen molar-refractivity contribution >= 4 is 11.7 Å². The van der Waals surface area contributed by atoms with E-state index < -0.39 is 0 Å². The second kappa shape index (κ2) is 9.34. The fourth-order valence-corrected chi connectivity index (χ4v) is 2.41. The molecule has 124 valence electrons. The van der Waals surface area contributed by atoms with Gasteiger partial charge in [-0.25, -0.2) is 0 Å². The van der Waals surface area contributed by atoms with Crippen LogP contribution in [0.4, 0.5) is 5.69 Å². The number of ether oxygens (including phenoxy) is 2. The van der Waals surface area contributed by atoms with Crippen molar-refractivity contribution in [2.75, 3.05) is 19.5 Å². The van der Waals surface area contributed by atoms with Gasteiger partial charge in [-0.2, -0.15) is 0 Å². The number of nitrogen functional groups attached to an aromatic ring is 1. The Hall–Kier alpha value is -1.71. The first-order valence-electron chi connectivity index (χ1n) is 8.15. The zero-order valence-corrected chi connectivity index (χ0v) is 14.3. The first-order chi connectivity index (χ1) is 10.5. The van der Waals surface area contributed by atoms with Crippen molar-refractivity contribution < 1.29 is 14.3 Å². The summed E-state index contributed by atoms with van der Waals surface area (Å²) < 4.78 is 10.6. The fourth-order valence-electron chi connectivity index (χ4n) is 2.41. The van der Waals surface area contributed by atoms with Crippen LogP contribution in [0.25, 0.3) is 0 Å². The average molecular weight is 307 g/mol. The Bertz CT molecular complexity index is 485. The molecule has 4 heteroatoms. The lowest BCUT2D eigenvalue weighted by molar-refractivity contribution is -0.140. The number of rotatable bonds is 9. The number of anilines is 1. The first kappa shape index (κ1) is 18.3. The third-order valence-corrected chi connectivity index (χ3v) is 3.74. The highest BCUT2D eigenvalue weighted by atomic mass is 16.5. The van der Waals surface area contributed by atoms with Gasteiger partial charge in [0.05, 0.1) is 25.8 Å². The van der Waals surface area contributed by atoms with E-state index in [4.69, 9.17) is 15.2 Å². The van der Waals surface area contributed by atoms with Gasteiger partial charge >= 0.3 is 5.97 Å². The minimum atomic E-state index is -0.201. The summed E-state index contributed by atoms with van der Waals surface area (Å²) in [4.78, 5) is 11.5. The van der Waals surface area contributed by atoms with E-state index in [0.29, 0.717) is 18.7 Å². The van der Waals surface area contributed by atoms with Gasteiger partial charge in [0.1, 0.15) is 5.75 Å². The smallest absolute Gasteiger partial charge is 0.306 e. The highest BCUT2D eigenvalue weighted by Crippen LogP contribution is 2.33. The third kappa shape index (κ3) is 5.24. The van der Waals surface area contributed by atoms with E-state index in [9.17, 15) is 4.79 Å². The molecule has 1 atom stereocenters. The average Bonchev–Trinajstić information content (AvgIpc) is 2.51. The summed E-state index contributed by atoms with van der Waals surface area (Å²) in [5.74, 6) is 0.687. The summed E-state index contributed by atoms with van der Waals surface area (Å²) in [7, 11) is 1.41. The molecule has 1 aromatic carbocycles. The van der Waals surface area contributed by atoms with Gasteiger partial charge in [-0.3, -0.25) is 4.79 Å². The van der Waals surface area contributed by atoms with E-state index in [1.807, 2.05) is 13.0 Å². The summed E-state index contributed by atoms with van der Waals surface area (Å²) in [5.41, 5.74) is 9.06. The van der Waals surface area contributed by atoms with Crippen molar-refractivity contribution in [2.45, 2.75) is 58.8 Å². The van der Waals surface area contributed by atoms with Gasteiger partial charge in [-0.05, 0) is 42.4 Å². The van der Waals surface area contributed by atoms with E-state index in [2.05, 4.69) is 19.9 Å². The molecule has 0 heterocycles. The number of methoxy groups -OCH3 is 1. The Morgan fingerprint density at radius 2 is 2.00 bits per heavy atom. The highest BCUT2D eigenvalue weighted by Gasteiger charge is 2.16. The normalized spacial score (nSPS) is 12.0. The van der Waals surface area contributed by atoms with Gasteiger partial charge in [0.2, 0.25) is 0 Å². The van der Waals surface area contributed by atoms with Crippen LogP contribution in [0.15, 0.2) is 12.1 Å². The van der Waals surface area contributed by atoms with E-state index >= 15 is 0 Å². The monoisotopic (exact) mass is 307 g/mol. The number of nitrogens with two attached hydrogens (primary N) is 1. The molecular formula is C18H29NO3. The molecule has 1 rings (SSSR count). The van der Waals surface area contributed by atoms with Crippen molar-refractivity contribution in [2.24, 2.45) is 0 Å². The van der Waals surface area contributed by atoms with Gasteiger partial charge in [0, 0.05) is 0 Å². The summed E-state index contributed by atoms with van der Waals surface area (Å²) in [6.45, 7) is 6.93. The summed E-state index contributed by atoms with van der Waals surface area (Å²) in [5, 5.41) is 0. The molecule has 0 spiro atoms. The van der Waals surface area contributed by atoms with Crippen LogP contribution in [-0.4, -0.2) is 19.7 Å². The molecule has 0 aliphatic rings. The molecule has 0 aliphatic heterocycles. The molecule has 0 fully saturated rings. The molecule has 1 unspecified atom stereocenters. The standard InChI is InChI=1S/C18H29NO3/c1-5-7-8-14-11-15(13(3)10-17(20)21-4)12-16(19)18(14)22-9-6-2/h11-13H,5-10,19H2,1-4H3. The lowest BCUT2D eigenvalue weighted by Gasteiger charge is -2.18. The van der Waals surface area contributed by atoms with Gasteiger partial charge in [0.25, 0.3) is 0 Å². The molecule has 4 nitrogen and oxygen atoms in total. The molecule has 0 saturated heterocycles. The summed E-state index contributed by atoms with van der Waals surface area (Å²) in [6.07, 6.45) is 4.47. The lowest BCUT2D eigenvalue weighted by Crippen LogP contribution is -2.09. The van der Waals surface area contributed by atoms with Crippen molar-refractivity contribution in [1.82, 2.24) is 0 Å². The van der Waals surface area contributed by atoms with Crippen molar-refractivity contribution in [1.29, 1.82) is 0 Å². The number of esters is 1. The minimum absolute atomic E-state index is 0.0790. The summed E-state index contributed by atoms with van der Waals surface area (Å²) in [6, 6.07) is 4.05. The Labute approximate surface area is 134 Å². The maximum atomic E-state index is 11.5. The summed E-state index contributed by atoms with van der Waals surface area (Å²) >= 11 is 0. The van der Waals surface area contributed by atoms with Gasteiger partial charge in [-0.1, -0.05) is 33.3 Å². The number of benzene rings is 1. The van der Waals surface area contributed by atoms with Crippen molar-refractivity contribution in [3.8, 4) is 5.75 Å². The first-order valence-corrected chi connectivity index (χ1v) is 8.15. The van der Waals surface area contributed by atoms with Crippen molar-refractivity contribution in [3.05, 3.63) is 23.3 Å². The van der Waals surface area contributed by atoms with Gasteiger partial charge in [0.15, 0.2) is 0 Å². The number of carbonyl (C=O) groups excluding carboxylic acids is 1. The highest BCUT2D eigenvalue weighted by molar-refractivity contribution is 5.70. The van der Waals surface area contributed by atoms with E-state index in [0.717, 1.165) is 42.6 Å². The van der Waals surface area contributed by atoms with E-state index in [1.54, 1.807) is 0 Å². The van der Waals surface area contributed by atoms with Crippen molar-refractivity contribution in [3.63, 3.8) is 0 Å². The van der Waals surface area contributed by atoms with Gasteiger partial charge < -0.3 is 15.2 Å². The predicted octanol–water partition coefficient (Wildman–Crippen LogP) is 4.07. The quantitative estimate of drug-likeness (QED) is 0.552. The van der Waals surface area contributed by atoms with Crippen LogP contribution in [0.3, 0.4) is 0 Å². The number of unbranched alkanes of at least 4 members (excludes halogenated alkanes) is 1. The molecule has 0 bridgehead atoms. The Kier molecular flexibility index (Phi) is 7.78. The van der Waals surface area contributed by atoms with E-state index in [1.165, 1.54) is 7.11 Å². The van der Waals surface area contributed by atoms with Crippen LogP contribution in [0.5, 0.6) is 5.75 Å². The zero-order chi connectivity index (χ0) is 16.5. The molecule has 0 radical (unpaired) electrons. The number of hydrogen-bond acceptors (Lipinski definition) is 4. The Morgan fingerprint density at radius 3 is 2.59 bits per heavy atom. The second-order valence-corrected chi connectivity index (χ2v) is 5.73. The van der Waals surface area contributed by atoms with E-state index in [-0.39, 0.29) is 11.9 Å². The SMILES string of the molecule is CCCCc1cc(C(C)CC(=O)OC)cc(N)c1OCCC. The molecule has 0 aromatic heterocycles. The van der Waals surface area contributed by atoms with Crippen LogP contribution in [0.1, 0.15) is 63.5 Å². The zero-order valence-electron chi connectivity index (χ0n) is 14.3. The molecule has 22 heavy (non-hydrogen) atoms. The largest absolute Gasteiger partial charge is 0.491 e. The fraction of sp³-hybridized carbons (Fsp3) is 0.611. The van der Waals surface area contributed by atoms with Crippen LogP contribution < -0.4 is 10.5 Å². The molecular weight excluding hydrogens is 278 g/mol. The maximum absolute atomic E-state index is 11.5. The lowest BCUT2D eigenvalue weighted by atomic mass is 9.93. The van der Waals surface area contributed by atoms with Crippen LogP contribution in [-0.2, 0) is 16.0 Å². The molecule has 1 aromatic rings. The molecule has 2 N–H and O–H groups in total. The minimum Gasteiger partial charge on any atom is -0.491 e. The molecule has 0 aliphatic carbocycles. The number of hydrogen-bond donors (Lipinski definition) is 1. The Balaban J connectivity index is 3.04. The predicted molar refractivity (Wildman–Crippen MR) is 90.3 cm³/mol. The van der Waals surface area contributed by atoms with Gasteiger partial charge in [-0.15, -0.1) is 0 Å². The topological polar surface area (TPSA) is 61.5 Å². The van der Waals surface area contributed by atoms with Crippen LogP contribution in [0, 0.1) is 0 Å². The number of carbonyl (C=O) groups is 1. The third-order valence-electron chi connectivity index (χ3n) is 3.74. The van der Waals surface area contributed by atoms with Crippen LogP contribution in [0.2, 0.25) is 0 Å².